The lowest BCUT2D eigenvalue weighted by Crippen LogP contribution is -2.39. The van der Waals surface area contributed by atoms with Gasteiger partial charge < -0.3 is 4.90 Å². The van der Waals surface area contributed by atoms with Gasteiger partial charge in [-0.25, -0.2) is 0 Å². The molecule has 0 radical (unpaired) electrons. The van der Waals surface area contributed by atoms with Gasteiger partial charge in [0.05, 0.1) is 28.1 Å². The van der Waals surface area contributed by atoms with Crippen molar-refractivity contribution in [2.24, 2.45) is 29.6 Å². The van der Waals surface area contributed by atoms with Crippen molar-refractivity contribution in [3.8, 4) is 0 Å². The number of carbonyl (C=O) groups excluding carboxylic acids is 3. The highest BCUT2D eigenvalue weighted by Crippen LogP contribution is 2.56. The summed E-state index contributed by atoms with van der Waals surface area (Å²) in [6.45, 7) is 3.58. The number of imide groups is 1. The largest absolute Gasteiger partial charge is 0.338 e. The Kier molecular flexibility index (Phi) is 4.27. The number of fused-ring (bicyclic) bond motifs is 5. The smallest absolute Gasteiger partial charge is 0.255 e. The summed E-state index contributed by atoms with van der Waals surface area (Å²) in [6, 6.07) is 4.97. The maximum Gasteiger partial charge on any atom is 0.255 e. The summed E-state index contributed by atoms with van der Waals surface area (Å²) in [5.41, 5.74) is 0.871. The molecule has 4 aliphatic rings. The van der Waals surface area contributed by atoms with Crippen molar-refractivity contribution >= 4 is 35.0 Å². The fourth-order valence-corrected chi connectivity index (χ4v) is 6.22. The standard InChI is InChI=1S/C22H25ClN2O3/c1-12-3-2-8-24(11-12)20(26)16-10-15(6-7-17(16)23)25-21(27)18-13-4-5-14(9-13)19(18)22(25)28/h6-7,10,12-14,18-19H,2-5,8-9,11H2,1H3/t12-,13+,14+,18-,19-/m1/s1. The Morgan fingerprint density at radius 1 is 1.07 bits per heavy atom. The summed E-state index contributed by atoms with van der Waals surface area (Å²) in [7, 11) is 0. The molecule has 2 saturated heterocycles. The van der Waals surface area contributed by atoms with Crippen LogP contribution >= 0.6 is 11.6 Å². The van der Waals surface area contributed by atoms with E-state index in [4.69, 9.17) is 11.6 Å². The van der Waals surface area contributed by atoms with Crippen LogP contribution in [0.4, 0.5) is 5.69 Å². The fraction of sp³-hybridized carbons (Fsp3) is 0.591. The topological polar surface area (TPSA) is 57.7 Å². The van der Waals surface area contributed by atoms with E-state index in [2.05, 4.69) is 6.92 Å². The van der Waals surface area contributed by atoms with Crippen molar-refractivity contribution in [2.75, 3.05) is 18.0 Å². The van der Waals surface area contributed by atoms with E-state index in [1.54, 1.807) is 18.2 Å². The zero-order chi connectivity index (χ0) is 19.6. The molecule has 5 nitrogen and oxygen atoms in total. The number of nitrogens with zero attached hydrogens (tertiary/aromatic N) is 2. The number of hydrogen-bond acceptors (Lipinski definition) is 3. The molecular formula is C22H25ClN2O3. The molecule has 5 atom stereocenters. The summed E-state index contributed by atoms with van der Waals surface area (Å²) < 4.78 is 0. The molecule has 1 aromatic carbocycles. The molecule has 6 heteroatoms. The van der Waals surface area contributed by atoms with Gasteiger partial charge >= 0.3 is 0 Å². The second-order valence-corrected chi connectivity index (χ2v) is 9.47. The summed E-state index contributed by atoms with van der Waals surface area (Å²) in [5.74, 6) is 0.547. The van der Waals surface area contributed by atoms with E-state index < -0.39 is 0 Å². The van der Waals surface area contributed by atoms with Crippen LogP contribution in [0, 0.1) is 29.6 Å². The summed E-state index contributed by atoms with van der Waals surface area (Å²) in [4.78, 5) is 42.4. The number of likely N-dealkylation sites (tertiary alicyclic amines) is 1. The Bertz CT molecular complexity index is 841. The molecule has 2 saturated carbocycles. The highest BCUT2D eigenvalue weighted by molar-refractivity contribution is 6.34. The van der Waals surface area contributed by atoms with Crippen LogP contribution in [0.2, 0.25) is 5.02 Å². The van der Waals surface area contributed by atoms with E-state index in [1.807, 2.05) is 4.90 Å². The van der Waals surface area contributed by atoms with Crippen LogP contribution in [0.3, 0.4) is 0 Å². The first kappa shape index (κ1) is 18.2. The molecule has 4 fully saturated rings. The molecule has 2 aliphatic heterocycles. The van der Waals surface area contributed by atoms with Gasteiger partial charge in [-0.15, -0.1) is 0 Å². The monoisotopic (exact) mass is 400 g/mol. The number of anilines is 1. The van der Waals surface area contributed by atoms with E-state index in [-0.39, 0.29) is 29.6 Å². The molecule has 3 amide bonds. The van der Waals surface area contributed by atoms with Crippen LogP contribution < -0.4 is 4.90 Å². The number of halogens is 1. The molecule has 148 valence electrons. The van der Waals surface area contributed by atoms with E-state index in [0.717, 1.165) is 38.6 Å². The Morgan fingerprint density at radius 2 is 1.75 bits per heavy atom. The lowest BCUT2D eigenvalue weighted by Gasteiger charge is -2.31. The highest BCUT2D eigenvalue weighted by atomic mass is 35.5. The van der Waals surface area contributed by atoms with Crippen molar-refractivity contribution in [1.29, 1.82) is 0 Å². The Hall–Kier alpha value is -1.88. The molecule has 2 bridgehead atoms. The molecular weight excluding hydrogens is 376 g/mol. The molecule has 2 heterocycles. The number of amides is 3. The van der Waals surface area contributed by atoms with Crippen LogP contribution in [-0.4, -0.2) is 35.7 Å². The van der Waals surface area contributed by atoms with Crippen LogP contribution in [0.5, 0.6) is 0 Å². The van der Waals surface area contributed by atoms with Crippen LogP contribution in [0.15, 0.2) is 18.2 Å². The average molecular weight is 401 g/mol. The first-order chi connectivity index (χ1) is 13.5. The number of benzene rings is 1. The number of hydrogen-bond donors (Lipinski definition) is 0. The van der Waals surface area contributed by atoms with Crippen LogP contribution in [0.25, 0.3) is 0 Å². The van der Waals surface area contributed by atoms with E-state index in [9.17, 15) is 14.4 Å². The molecule has 0 unspecified atom stereocenters. The zero-order valence-electron chi connectivity index (χ0n) is 16.1. The third-order valence-electron chi connectivity index (χ3n) is 7.31. The maximum absolute atomic E-state index is 13.1. The van der Waals surface area contributed by atoms with Crippen molar-refractivity contribution in [2.45, 2.75) is 39.0 Å². The predicted octanol–water partition coefficient (Wildman–Crippen LogP) is 3.75. The fourth-order valence-electron chi connectivity index (χ4n) is 6.02. The third-order valence-corrected chi connectivity index (χ3v) is 7.64. The minimum Gasteiger partial charge on any atom is -0.338 e. The summed E-state index contributed by atoms with van der Waals surface area (Å²) in [5, 5.41) is 0.367. The summed E-state index contributed by atoms with van der Waals surface area (Å²) in [6.07, 6.45) is 5.23. The lowest BCUT2D eigenvalue weighted by atomic mass is 9.81. The second kappa shape index (κ2) is 6.58. The summed E-state index contributed by atoms with van der Waals surface area (Å²) >= 11 is 6.34. The molecule has 2 aliphatic carbocycles. The molecule has 5 rings (SSSR count). The van der Waals surface area contributed by atoms with E-state index in [0.29, 0.717) is 40.6 Å². The molecule has 1 aromatic rings. The van der Waals surface area contributed by atoms with Gasteiger partial charge in [-0.1, -0.05) is 18.5 Å². The van der Waals surface area contributed by atoms with Crippen molar-refractivity contribution in [3.63, 3.8) is 0 Å². The predicted molar refractivity (Wildman–Crippen MR) is 106 cm³/mol. The Labute approximate surface area is 170 Å². The van der Waals surface area contributed by atoms with Gasteiger partial charge in [-0.3, -0.25) is 19.3 Å². The lowest BCUT2D eigenvalue weighted by molar-refractivity contribution is -0.123. The molecule has 28 heavy (non-hydrogen) atoms. The maximum atomic E-state index is 13.1. The Balaban J connectivity index is 1.45. The normalized spacial score (nSPS) is 34.3. The molecule has 0 aromatic heterocycles. The van der Waals surface area contributed by atoms with Crippen molar-refractivity contribution in [1.82, 2.24) is 4.90 Å². The zero-order valence-corrected chi connectivity index (χ0v) is 16.8. The highest BCUT2D eigenvalue weighted by Gasteiger charge is 2.61. The van der Waals surface area contributed by atoms with Gasteiger partial charge in [0.1, 0.15) is 0 Å². The second-order valence-electron chi connectivity index (χ2n) is 9.06. The van der Waals surface area contributed by atoms with Gasteiger partial charge in [0.15, 0.2) is 0 Å². The van der Waals surface area contributed by atoms with Gasteiger partial charge in [0.25, 0.3) is 5.91 Å². The van der Waals surface area contributed by atoms with E-state index in [1.165, 1.54) is 4.90 Å². The molecule has 0 spiro atoms. The van der Waals surface area contributed by atoms with Crippen molar-refractivity contribution in [3.05, 3.63) is 28.8 Å². The van der Waals surface area contributed by atoms with Crippen molar-refractivity contribution < 1.29 is 14.4 Å². The minimum absolute atomic E-state index is 0.0884. The van der Waals surface area contributed by atoms with Crippen LogP contribution in [0.1, 0.15) is 49.4 Å². The quantitative estimate of drug-likeness (QED) is 0.710. The molecule has 0 N–H and O–H groups in total. The number of rotatable bonds is 2. The SMILES string of the molecule is C[C@@H]1CCCN(C(=O)c2cc(N3C(=O)[C@@H]4[C@H]5CC[C@@H](C5)[C@H]4C3=O)ccc2Cl)C1. The third kappa shape index (κ3) is 2.62. The first-order valence-electron chi connectivity index (χ1n) is 10.4. The van der Waals surface area contributed by atoms with Gasteiger partial charge in [-0.2, -0.15) is 0 Å². The minimum atomic E-state index is -0.163. The van der Waals surface area contributed by atoms with Gasteiger partial charge in [0, 0.05) is 13.1 Å². The van der Waals surface area contributed by atoms with E-state index >= 15 is 0 Å². The van der Waals surface area contributed by atoms with Crippen LogP contribution in [-0.2, 0) is 9.59 Å². The Morgan fingerprint density at radius 3 is 2.39 bits per heavy atom. The average Bonchev–Trinajstić information content (AvgIpc) is 3.36. The first-order valence-corrected chi connectivity index (χ1v) is 10.8. The number of carbonyl (C=O) groups is 3. The number of piperidine rings is 1. The van der Waals surface area contributed by atoms with Gasteiger partial charge in [0.2, 0.25) is 11.8 Å². The van der Waals surface area contributed by atoms with Gasteiger partial charge in [-0.05, 0) is 68.1 Å².